The van der Waals surface area contributed by atoms with E-state index < -0.39 is 0 Å². The Bertz CT molecular complexity index is 110. The second-order valence-electron chi connectivity index (χ2n) is 1.27. The highest BCUT2D eigenvalue weighted by atomic mass is 35.5. The Kier molecular flexibility index (Phi) is 4.08. The Hall–Kier alpha value is -0.690. The molecule has 1 N–H and O–H groups in total. The molecule has 0 aliphatic carbocycles. The summed E-state index contributed by atoms with van der Waals surface area (Å²) in [6.07, 6.45) is 11.6. The molecule has 1 aliphatic rings. The van der Waals surface area contributed by atoms with Gasteiger partial charge in [-0.3, -0.25) is 0 Å². The summed E-state index contributed by atoms with van der Waals surface area (Å²) < 4.78 is 0. The van der Waals surface area contributed by atoms with Crippen LogP contribution < -0.4 is 5.32 Å². The highest BCUT2D eigenvalue weighted by Gasteiger charge is 1.67. The number of hydrogen-bond acceptors (Lipinski definition) is 1. The van der Waals surface area contributed by atoms with E-state index in [-0.39, 0.29) is 12.4 Å². The van der Waals surface area contributed by atoms with Crippen molar-refractivity contribution in [3.05, 3.63) is 36.7 Å². The summed E-state index contributed by atoms with van der Waals surface area (Å²) in [4.78, 5) is 0. The van der Waals surface area contributed by atoms with Crippen molar-refractivity contribution in [2.75, 3.05) is 0 Å². The molecule has 1 heterocycles. The number of nitrogens with one attached hydrogen (secondary N) is 1. The fourth-order valence-electron chi connectivity index (χ4n) is 0.406. The summed E-state index contributed by atoms with van der Waals surface area (Å²) in [5.41, 5.74) is 0. The zero-order chi connectivity index (χ0) is 4.95. The van der Waals surface area contributed by atoms with Crippen LogP contribution in [0.4, 0.5) is 0 Å². The van der Waals surface area contributed by atoms with Crippen molar-refractivity contribution >= 4 is 12.4 Å². The molecule has 0 saturated carbocycles. The van der Waals surface area contributed by atoms with E-state index in [2.05, 4.69) is 5.32 Å². The SMILES string of the molecule is C1=CC=CNC=C1.Cl. The summed E-state index contributed by atoms with van der Waals surface area (Å²) in [6.45, 7) is 0. The van der Waals surface area contributed by atoms with Crippen LogP contribution in [0.25, 0.3) is 0 Å². The minimum absolute atomic E-state index is 0. The smallest absolute Gasteiger partial charge is 0.000442 e. The Balaban J connectivity index is 0.000000490. The van der Waals surface area contributed by atoms with Gasteiger partial charge in [-0.25, -0.2) is 0 Å². The fourth-order valence-corrected chi connectivity index (χ4v) is 0.406. The van der Waals surface area contributed by atoms with E-state index in [1.807, 2.05) is 36.7 Å². The lowest BCUT2D eigenvalue weighted by Gasteiger charge is -1.79. The minimum atomic E-state index is 0. The molecule has 0 radical (unpaired) electrons. The summed E-state index contributed by atoms with van der Waals surface area (Å²) in [5, 5.41) is 2.92. The molecular weight excluding hydrogens is 122 g/mol. The second-order valence-corrected chi connectivity index (χ2v) is 1.27. The fraction of sp³-hybridized carbons (Fsp3) is 0. The van der Waals surface area contributed by atoms with Crippen LogP contribution in [0.3, 0.4) is 0 Å². The van der Waals surface area contributed by atoms with Crippen LogP contribution in [0, 0.1) is 0 Å². The third-order valence-corrected chi connectivity index (χ3v) is 0.718. The van der Waals surface area contributed by atoms with Crippen LogP contribution in [-0.4, -0.2) is 0 Å². The third kappa shape index (κ3) is 2.48. The average molecular weight is 130 g/mol. The van der Waals surface area contributed by atoms with Gasteiger partial charge in [-0.05, 0) is 12.2 Å². The predicted molar refractivity (Wildman–Crippen MR) is 37.8 cm³/mol. The van der Waals surface area contributed by atoms with Crippen molar-refractivity contribution < 1.29 is 0 Å². The Morgan fingerprint density at radius 3 is 1.75 bits per heavy atom. The van der Waals surface area contributed by atoms with E-state index in [1.54, 1.807) is 0 Å². The van der Waals surface area contributed by atoms with E-state index in [0.717, 1.165) is 0 Å². The number of hydrogen-bond donors (Lipinski definition) is 1. The van der Waals surface area contributed by atoms with E-state index in [1.165, 1.54) is 0 Å². The average Bonchev–Trinajstić information content (AvgIpc) is 1.90. The predicted octanol–water partition coefficient (Wildman–Crippen LogP) is 1.59. The highest BCUT2D eigenvalue weighted by Crippen LogP contribution is 1.81. The number of halogens is 1. The zero-order valence-corrected chi connectivity index (χ0v) is 5.19. The summed E-state index contributed by atoms with van der Waals surface area (Å²) in [6, 6.07) is 0. The Morgan fingerprint density at radius 1 is 0.750 bits per heavy atom. The maximum Gasteiger partial charge on any atom is 0.000442 e. The van der Waals surface area contributed by atoms with Gasteiger partial charge in [0, 0.05) is 12.4 Å². The van der Waals surface area contributed by atoms with Crippen molar-refractivity contribution in [2.45, 2.75) is 0 Å². The summed E-state index contributed by atoms with van der Waals surface area (Å²) >= 11 is 0. The molecule has 2 heteroatoms. The summed E-state index contributed by atoms with van der Waals surface area (Å²) in [7, 11) is 0. The molecule has 1 aliphatic heterocycles. The van der Waals surface area contributed by atoms with Crippen molar-refractivity contribution in [2.24, 2.45) is 0 Å². The highest BCUT2D eigenvalue weighted by molar-refractivity contribution is 5.85. The molecule has 0 saturated heterocycles. The molecule has 0 aromatic carbocycles. The molecule has 0 spiro atoms. The van der Waals surface area contributed by atoms with Gasteiger partial charge in [-0.2, -0.15) is 0 Å². The standard InChI is InChI=1S/C6H7N.ClH/c1-2-4-6-7-5-3-1;/h1-7H;1H. The lowest BCUT2D eigenvalue weighted by atomic mass is 10.5. The first kappa shape index (κ1) is 7.31. The van der Waals surface area contributed by atoms with Gasteiger partial charge in [0.1, 0.15) is 0 Å². The van der Waals surface area contributed by atoms with Crippen molar-refractivity contribution in [1.82, 2.24) is 5.32 Å². The molecule has 1 nitrogen and oxygen atoms in total. The summed E-state index contributed by atoms with van der Waals surface area (Å²) in [5.74, 6) is 0. The molecule has 0 atom stereocenters. The van der Waals surface area contributed by atoms with Gasteiger partial charge in [-0.1, -0.05) is 12.2 Å². The first-order valence-electron chi connectivity index (χ1n) is 2.24. The number of allylic oxidation sites excluding steroid dienone is 4. The van der Waals surface area contributed by atoms with Crippen LogP contribution in [0.2, 0.25) is 0 Å². The van der Waals surface area contributed by atoms with Crippen LogP contribution in [0.1, 0.15) is 0 Å². The molecular formula is C6H8ClN. The lowest BCUT2D eigenvalue weighted by Crippen LogP contribution is -1.87. The molecule has 1 rings (SSSR count). The van der Waals surface area contributed by atoms with Gasteiger partial charge in [0.25, 0.3) is 0 Å². The molecule has 0 unspecified atom stereocenters. The molecule has 0 fully saturated rings. The van der Waals surface area contributed by atoms with Crippen LogP contribution in [-0.2, 0) is 0 Å². The van der Waals surface area contributed by atoms with Crippen molar-refractivity contribution in [3.8, 4) is 0 Å². The lowest BCUT2D eigenvalue weighted by molar-refractivity contribution is 1.20. The first-order chi connectivity index (χ1) is 3.50. The van der Waals surface area contributed by atoms with E-state index in [0.29, 0.717) is 0 Å². The van der Waals surface area contributed by atoms with Gasteiger partial charge >= 0.3 is 0 Å². The molecule has 44 valence electrons. The van der Waals surface area contributed by atoms with Crippen LogP contribution in [0.15, 0.2) is 36.7 Å². The third-order valence-electron chi connectivity index (χ3n) is 0.718. The van der Waals surface area contributed by atoms with E-state index >= 15 is 0 Å². The molecule has 0 amide bonds. The maximum atomic E-state index is 2.92. The topological polar surface area (TPSA) is 12.0 Å². The largest absolute Gasteiger partial charge is 0.368 e. The van der Waals surface area contributed by atoms with Crippen molar-refractivity contribution in [3.63, 3.8) is 0 Å². The Labute approximate surface area is 55.2 Å². The van der Waals surface area contributed by atoms with Gasteiger partial charge in [0.2, 0.25) is 0 Å². The van der Waals surface area contributed by atoms with Gasteiger partial charge < -0.3 is 5.32 Å². The molecule has 0 aromatic heterocycles. The van der Waals surface area contributed by atoms with Gasteiger partial charge in [0.05, 0.1) is 0 Å². The number of rotatable bonds is 0. The second kappa shape index (κ2) is 4.47. The van der Waals surface area contributed by atoms with E-state index in [4.69, 9.17) is 0 Å². The van der Waals surface area contributed by atoms with Crippen molar-refractivity contribution in [1.29, 1.82) is 0 Å². The minimum Gasteiger partial charge on any atom is -0.368 e. The van der Waals surface area contributed by atoms with Crippen LogP contribution >= 0.6 is 12.4 Å². The molecule has 8 heavy (non-hydrogen) atoms. The normalized spacial score (nSPS) is 14.0. The molecule has 0 aromatic rings. The van der Waals surface area contributed by atoms with Gasteiger partial charge in [-0.15, -0.1) is 12.4 Å². The van der Waals surface area contributed by atoms with Gasteiger partial charge in [0.15, 0.2) is 0 Å². The van der Waals surface area contributed by atoms with Crippen LogP contribution in [0.5, 0.6) is 0 Å². The first-order valence-corrected chi connectivity index (χ1v) is 2.24. The Morgan fingerprint density at radius 2 is 1.25 bits per heavy atom. The zero-order valence-electron chi connectivity index (χ0n) is 4.37. The van der Waals surface area contributed by atoms with E-state index in [9.17, 15) is 0 Å². The monoisotopic (exact) mass is 129 g/mol. The quantitative estimate of drug-likeness (QED) is 0.524. The molecule has 0 bridgehead atoms. The maximum absolute atomic E-state index is 2.92.